The number of carbonyl (C=O) groups excluding carboxylic acids is 1. The second-order valence-corrected chi connectivity index (χ2v) is 6.62. The molecule has 0 unspecified atom stereocenters. The van der Waals surface area contributed by atoms with Gasteiger partial charge >= 0.3 is 0 Å². The van der Waals surface area contributed by atoms with Crippen LogP contribution in [0.1, 0.15) is 37.2 Å². The average molecular weight is 407 g/mol. The number of unbranched alkanes of at least 4 members (excludes halogenated alkanes) is 1. The summed E-state index contributed by atoms with van der Waals surface area (Å²) in [6, 6.07) is 17.2. The van der Waals surface area contributed by atoms with Crippen LogP contribution in [-0.2, 0) is 6.54 Å². The second-order valence-electron chi connectivity index (χ2n) is 6.62. The van der Waals surface area contributed by atoms with E-state index in [4.69, 9.17) is 9.47 Å². The summed E-state index contributed by atoms with van der Waals surface area (Å²) in [4.78, 5) is 24.3. The monoisotopic (exact) mass is 407 g/mol. The second kappa shape index (κ2) is 10.2. The molecule has 1 amide bonds. The minimum atomic E-state index is -0.375. The van der Waals surface area contributed by atoms with Crippen LogP contribution in [0.4, 0.5) is 5.69 Å². The summed E-state index contributed by atoms with van der Waals surface area (Å²) < 4.78 is 12.5. The van der Waals surface area contributed by atoms with Crippen molar-refractivity contribution in [1.29, 1.82) is 0 Å². The predicted molar refractivity (Wildman–Crippen MR) is 115 cm³/mol. The number of benzene rings is 2. The van der Waals surface area contributed by atoms with Crippen LogP contribution in [0.25, 0.3) is 0 Å². The topological polar surface area (TPSA) is 82.5 Å². The highest BCUT2D eigenvalue weighted by molar-refractivity contribution is 6.02. The van der Waals surface area contributed by atoms with Crippen LogP contribution in [0, 0.1) is 0 Å². The number of nitrogens with one attached hydrogen (secondary N) is 1. The van der Waals surface area contributed by atoms with E-state index in [0.717, 1.165) is 18.6 Å². The number of hydrogen-bond donors (Lipinski definition) is 1. The van der Waals surface area contributed by atoms with Gasteiger partial charge in [-0.2, -0.15) is 5.10 Å². The highest BCUT2D eigenvalue weighted by Gasteiger charge is 2.10. The van der Waals surface area contributed by atoms with E-state index in [1.54, 1.807) is 24.3 Å². The van der Waals surface area contributed by atoms with Crippen LogP contribution in [0.2, 0.25) is 0 Å². The van der Waals surface area contributed by atoms with E-state index in [1.807, 2.05) is 38.1 Å². The number of amides is 1. The van der Waals surface area contributed by atoms with Gasteiger partial charge in [0.2, 0.25) is 0 Å². The summed E-state index contributed by atoms with van der Waals surface area (Å²) in [5.74, 6) is 1.75. The molecule has 0 spiro atoms. The van der Waals surface area contributed by atoms with E-state index in [1.165, 1.54) is 16.8 Å². The first kappa shape index (κ1) is 21.1. The van der Waals surface area contributed by atoms with Gasteiger partial charge in [0, 0.05) is 18.3 Å². The molecule has 1 heterocycles. The minimum Gasteiger partial charge on any atom is -0.494 e. The molecule has 7 nitrogen and oxygen atoms in total. The standard InChI is InChI=1S/C23H25N3O4/c1-3-5-16-26-22(27)15-14-21(25-26)23(28)24-17-6-8-19(9-7-17)30-20-12-10-18(11-13-20)29-4-2/h6-15H,3-5,16H2,1-2H3,(H,24,28). The van der Waals surface area contributed by atoms with Crippen molar-refractivity contribution in [1.82, 2.24) is 9.78 Å². The van der Waals surface area contributed by atoms with Crippen molar-refractivity contribution in [3.05, 3.63) is 76.7 Å². The zero-order valence-corrected chi connectivity index (χ0v) is 17.1. The van der Waals surface area contributed by atoms with Crippen molar-refractivity contribution in [3.63, 3.8) is 0 Å². The molecule has 0 aliphatic carbocycles. The fourth-order valence-corrected chi connectivity index (χ4v) is 2.75. The summed E-state index contributed by atoms with van der Waals surface area (Å²) in [6.45, 7) is 5.07. The van der Waals surface area contributed by atoms with Crippen LogP contribution >= 0.6 is 0 Å². The summed E-state index contributed by atoms with van der Waals surface area (Å²) in [5.41, 5.74) is 0.586. The zero-order valence-electron chi connectivity index (χ0n) is 17.1. The number of nitrogens with zero attached hydrogens (tertiary/aromatic N) is 2. The summed E-state index contributed by atoms with van der Waals surface area (Å²) >= 11 is 0. The Morgan fingerprint density at radius 1 is 0.933 bits per heavy atom. The molecule has 0 fully saturated rings. The van der Waals surface area contributed by atoms with E-state index in [0.29, 0.717) is 30.3 Å². The average Bonchev–Trinajstić information content (AvgIpc) is 2.76. The molecular weight excluding hydrogens is 382 g/mol. The van der Waals surface area contributed by atoms with Crippen molar-refractivity contribution < 1.29 is 14.3 Å². The van der Waals surface area contributed by atoms with Crippen LogP contribution in [0.5, 0.6) is 17.2 Å². The molecule has 1 aromatic heterocycles. The van der Waals surface area contributed by atoms with Gasteiger partial charge in [0.25, 0.3) is 11.5 Å². The third kappa shape index (κ3) is 5.70. The molecule has 3 aromatic rings. The number of ether oxygens (including phenoxy) is 2. The molecule has 0 aliphatic heterocycles. The van der Waals surface area contributed by atoms with Gasteiger partial charge in [0.1, 0.15) is 22.9 Å². The summed E-state index contributed by atoms with van der Waals surface area (Å²) in [7, 11) is 0. The first-order chi connectivity index (χ1) is 14.6. The molecule has 156 valence electrons. The van der Waals surface area contributed by atoms with Gasteiger partial charge in [-0.25, -0.2) is 4.68 Å². The molecule has 0 bridgehead atoms. The molecular formula is C23H25N3O4. The lowest BCUT2D eigenvalue weighted by atomic mass is 10.2. The van der Waals surface area contributed by atoms with Crippen LogP contribution in [0.15, 0.2) is 65.5 Å². The van der Waals surface area contributed by atoms with E-state index in [-0.39, 0.29) is 17.2 Å². The molecule has 0 saturated carbocycles. The van der Waals surface area contributed by atoms with Gasteiger partial charge in [-0.05, 0) is 67.9 Å². The van der Waals surface area contributed by atoms with Gasteiger partial charge in [-0.1, -0.05) is 13.3 Å². The Bertz CT molecular complexity index is 1030. The zero-order chi connectivity index (χ0) is 21.3. The fourth-order valence-electron chi connectivity index (χ4n) is 2.75. The number of aromatic nitrogens is 2. The van der Waals surface area contributed by atoms with Crippen LogP contribution < -0.4 is 20.3 Å². The molecule has 3 rings (SSSR count). The largest absolute Gasteiger partial charge is 0.494 e. The smallest absolute Gasteiger partial charge is 0.276 e. The SMILES string of the molecule is CCCCn1nc(C(=O)Nc2ccc(Oc3ccc(OCC)cc3)cc2)ccc1=O. The lowest BCUT2D eigenvalue weighted by Gasteiger charge is -2.09. The normalized spacial score (nSPS) is 10.5. The van der Waals surface area contributed by atoms with Gasteiger partial charge in [0.15, 0.2) is 0 Å². The minimum absolute atomic E-state index is 0.195. The van der Waals surface area contributed by atoms with Crippen molar-refractivity contribution in [3.8, 4) is 17.2 Å². The lowest BCUT2D eigenvalue weighted by molar-refractivity contribution is 0.101. The van der Waals surface area contributed by atoms with Crippen LogP contribution in [-0.4, -0.2) is 22.3 Å². The molecule has 0 saturated heterocycles. The van der Waals surface area contributed by atoms with Gasteiger partial charge in [-0.15, -0.1) is 0 Å². The molecule has 1 N–H and O–H groups in total. The molecule has 0 aliphatic rings. The lowest BCUT2D eigenvalue weighted by Crippen LogP contribution is -2.26. The van der Waals surface area contributed by atoms with Gasteiger partial charge < -0.3 is 14.8 Å². The van der Waals surface area contributed by atoms with E-state index >= 15 is 0 Å². The Hall–Kier alpha value is -3.61. The Kier molecular flexibility index (Phi) is 7.21. The Morgan fingerprint density at radius 3 is 2.20 bits per heavy atom. The third-order valence-corrected chi connectivity index (χ3v) is 4.31. The predicted octanol–water partition coefficient (Wildman–Crippen LogP) is 4.49. The molecule has 7 heteroatoms. The quantitative estimate of drug-likeness (QED) is 0.565. The first-order valence-corrected chi connectivity index (χ1v) is 9.99. The maximum absolute atomic E-state index is 12.5. The highest BCUT2D eigenvalue weighted by atomic mass is 16.5. The summed E-state index contributed by atoms with van der Waals surface area (Å²) in [5, 5.41) is 6.94. The van der Waals surface area contributed by atoms with E-state index < -0.39 is 0 Å². The molecule has 0 atom stereocenters. The molecule has 30 heavy (non-hydrogen) atoms. The van der Waals surface area contributed by atoms with E-state index in [2.05, 4.69) is 10.4 Å². The summed E-state index contributed by atoms with van der Waals surface area (Å²) in [6.07, 6.45) is 1.77. The fraction of sp³-hybridized carbons (Fsp3) is 0.261. The van der Waals surface area contributed by atoms with E-state index in [9.17, 15) is 9.59 Å². The molecule has 2 aromatic carbocycles. The van der Waals surface area contributed by atoms with Crippen molar-refractivity contribution in [2.24, 2.45) is 0 Å². The molecule has 0 radical (unpaired) electrons. The maximum atomic E-state index is 12.5. The highest BCUT2D eigenvalue weighted by Crippen LogP contribution is 2.25. The van der Waals surface area contributed by atoms with Crippen molar-refractivity contribution in [2.45, 2.75) is 33.2 Å². The number of aryl methyl sites for hydroxylation is 1. The van der Waals surface area contributed by atoms with Crippen molar-refractivity contribution in [2.75, 3.05) is 11.9 Å². The van der Waals surface area contributed by atoms with Gasteiger partial charge in [-0.3, -0.25) is 9.59 Å². The Labute approximate surface area is 175 Å². The van der Waals surface area contributed by atoms with Gasteiger partial charge in [0.05, 0.1) is 6.61 Å². The Morgan fingerprint density at radius 2 is 1.57 bits per heavy atom. The maximum Gasteiger partial charge on any atom is 0.276 e. The Balaban J connectivity index is 1.62. The third-order valence-electron chi connectivity index (χ3n) is 4.31. The number of anilines is 1. The number of hydrogen-bond acceptors (Lipinski definition) is 5. The van der Waals surface area contributed by atoms with Crippen molar-refractivity contribution >= 4 is 11.6 Å². The van der Waals surface area contributed by atoms with Crippen LogP contribution in [0.3, 0.4) is 0 Å². The number of carbonyl (C=O) groups is 1. The number of rotatable bonds is 9. The first-order valence-electron chi connectivity index (χ1n) is 9.99.